The third-order valence-electron chi connectivity index (χ3n) is 21.5. The summed E-state index contributed by atoms with van der Waals surface area (Å²) in [5.41, 5.74) is 27.8. The van der Waals surface area contributed by atoms with Crippen molar-refractivity contribution in [2.24, 2.45) is 0 Å². The van der Waals surface area contributed by atoms with E-state index >= 15 is 0 Å². The molecule has 0 aliphatic heterocycles. The lowest BCUT2D eigenvalue weighted by Gasteiger charge is -2.13. The van der Waals surface area contributed by atoms with Crippen LogP contribution in [0.25, 0.3) is 221 Å². The molecule has 22 aromatic rings. The molecule has 0 amide bonds. The number of rotatable bonds is 10. The molecule has 0 saturated heterocycles. The van der Waals surface area contributed by atoms with Gasteiger partial charge in [0, 0.05) is 112 Å². The summed E-state index contributed by atoms with van der Waals surface area (Å²) in [6.45, 7) is 0. The first kappa shape index (κ1) is 65.1. The van der Waals surface area contributed by atoms with E-state index in [0.29, 0.717) is 0 Å². The van der Waals surface area contributed by atoms with Crippen LogP contribution in [0.4, 0.5) is 0 Å². The number of benzene rings is 12. The van der Waals surface area contributed by atoms with Crippen molar-refractivity contribution in [1.82, 2.24) is 49.8 Å². The van der Waals surface area contributed by atoms with Gasteiger partial charge in [-0.25, -0.2) is 39.9 Å². The van der Waals surface area contributed by atoms with Gasteiger partial charge in [-0.3, -0.25) is 9.97 Å². The Bertz CT molecular complexity index is 7510. The highest BCUT2D eigenvalue weighted by atomic mass is 14.8. The van der Waals surface area contributed by atoms with Crippen LogP contribution in [0.15, 0.2) is 377 Å². The maximum absolute atomic E-state index is 5.30. The minimum atomic E-state index is 0.902. The SMILES string of the molecule is c1ccc(-c2ccc3ccc4ccc(-c5ccc(-c6ccc7ccc(-c8ccc9ccc(-c%10ccncc%10)nc9c8)nc7c6)c6ccccc56)nc4c3n2)cc1.c1ccc(-c2ccc3ccc4ccc(-c5ccc6cc(-c7ccc8ccc(-c9ccc%10ccc(-c%11ccncc%11)nc%10c9)nc8c7)ccc6c5)nc4c3n2)cc1. The predicted molar refractivity (Wildman–Crippen MR) is 460 cm³/mol. The van der Waals surface area contributed by atoms with E-state index in [-0.39, 0.29) is 0 Å². The molecule has 0 aliphatic rings. The van der Waals surface area contributed by atoms with E-state index in [1.807, 2.05) is 60.7 Å². The first-order chi connectivity index (χ1) is 55.4. The van der Waals surface area contributed by atoms with Crippen molar-refractivity contribution in [2.75, 3.05) is 0 Å². The van der Waals surface area contributed by atoms with E-state index in [9.17, 15) is 0 Å². The highest BCUT2D eigenvalue weighted by molar-refractivity contribution is 6.09. The van der Waals surface area contributed by atoms with Crippen molar-refractivity contribution >= 4 is 109 Å². The quantitative estimate of drug-likeness (QED) is 0.122. The second kappa shape index (κ2) is 27.5. The lowest BCUT2D eigenvalue weighted by molar-refractivity contribution is 1.31. The molecule has 10 nitrogen and oxygen atoms in total. The van der Waals surface area contributed by atoms with Crippen LogP contribution >= 0.6 is 0 Å². The summed E-state index contributed by atoms with van der Waals surface area (Å²) >= 11 is 0. The topological polar surface area (TPSA) is 129 Å². The molecule has 22 rings (SSSR count). The second-order valence-corrected chi connectivity index (χ2v) is 28.3. The molecule has 0 radical (unpaired) electrons. The number of hydrogen-bond donors (Lipinski definition) is 0. The molecular formula is C102H62N10. The van der Waals surface area contributed by atoms with E-state index in [1.54, 1.807) is 24.8 Å². The summed E-state index contributed by atoms with van der Waals surface area (Å²) in [6.07, 6.45) is 7.18. The zero-order chi connectivity index (χ0) is 74.0. The highest BCUT2D eigenvalue weighted by Gasteiger charge is 2.18. The van der Waals surface area contributed by atoms with Crippen molar-refractivity contribution in [3.8, 4) is 112 Å². The molecular weight excluding hydrogens is 1370 g/mol. The molecule has 0 fully saturated rings. The van der Waals surface area contributed by atoms with Crippen LogP contribution in [0, 0.1) is 0 Å². The number of fused-ring (bicyclic) bond motifs is 12. The molecule has 0 unspecified atom stereocenters. The van der Waals surface area contributed by atoms with Gasteiger partial charge in [0.15, 0.2) is 0 Å². The molecule has 10 aromatic heterocycles. The largest absolute Gasteiger partial charge is 0.265 e. The van der Waals surface area contributed by atoms with Crippen molar-refractivity contribution in [2.45, 2.75) is 0 Å². The minimum Gasteiger partial charge on any atom is -0.265 e. The maximum Gasteiger partial charge on any atom is 0.0972 e. The first-order valence-corrected chi connectivity index (χ1v) is 37.4. The lowest BCUT2D eigenvalue weighted by Crippen LogP contribution is -1.92. The van der Waals surface area contributed by atoms with Gasteiger partial charge in [-0.1, -0.05) is 243 Å². The van der Waals surface area contributed by atoms with Crippen molar-refractivity contribution in [1.29, 1.82) is 0 Å². The molecule has 10 heterocycles. The van der Waals surface area contributed by atoms with Gasteiger partial charge in [-0.05, 0) is 153 Å². The van der Waals surface area contributed by atoms with Gasteiger partial charge in [0.1, 0.15) is 0 Å². The van der Waals surface area contributed by atoms with E-state index in [0.717, 1.165) is 216 Å². The lowest BCUT2D eigenvalue weighted by atomic mass is 9.93. The van der Waals surface area contributed by atoms with Crippen LogP contribution in [0.5, 0.6) is 0 Å². The van der Waals surface area contributed by atoms with Gasteiger partial charge in [0.2, 0.25) is 0 Å². The average molecular weight is 1430 g/mol. The summed E-state index contributed by atoms with van der Waals surface area (Å²) in [5.74, 6) is 0. The van der Waals surface area contributed by atoms with Crippen molar-refractivity contribution < 1.29 is 0 Å². The van der Waals surface area contributed by atoms with E-state index in [4.69, 9.17) is 39.9 Å². The molecule has 12 aromatic carbocycles. The van der Waals surface area contributed by atoms with Gasteiger partial charge < -0.3 is 0 Å². The van der Waals surface area contributed by atoms with Crippen LogP contribution < -0.4 is 0 Å². The summed E-state index contributed by atoms with van der Waals surface area (Å²) in [7, 11) is 0. The Hall–Kier alpha value is -15.3. The molecule has 10 heteroatoms. The smallest absolute Gasteiger partial charge is 0.0972 e. The number of aromatic nitrogens is 10. The summed E-state index contributed by atoms with van der Waals surface area (Å²) < 4.78 is 0. The normalized spacial score (nSPS) is 11.6. The maximum atomic E-state index is 5.30. The minimum absolute atomic E-state index is 0.902. The van der Waals surface area contributed by atoms with Gasteiger partial charge in [0.25, 0.3) is 0 Å². The van der Waals surface area contributed by atoms with Crippen molar-refractivity contribution in [3.05, 3.63) is 377 Å². The zero-order valence-corrected chi connectivity index (χ0v) is 60.3. The van der Waals surface area contributed by atoms with E-state index < -0.39 is 0 Å². The Balaban J connectivity index is 0.000000141. The molecule has 0 N–H and O–H groups in total. The number of hydrogen-bond acceptors (Lipinski definition) is 10. The Morgan fingerprint density at radius 1 is 0.143 bits per heavy atom. The predicted octanol–water partition coefficient (Wildman–Crippen LogP) is 25.5. The van der Waals surface area contributed by atoms with Gasteiger partial charge in [-0.2, -0.15) is 0 Å². The van der Waals surface area contributed by atoms with Crippen LogP contribution in [-0.2, 0) is 0 Å². The third kappa shape index (κ3) is 12.2. The van der Waals surface area contributed by atoms with Crippen molar-refractivity contribution in [3.63, 3.8) is 0 Å². The first-order valence-electron chi connectivity index (χ1n) is 37.4. The Morgan fingerprint density at radius 3 is 0.839 bits per heavy atom. The molecule has 0 bridgehead atoms. The molecule has 112 heavy (non-hydrogen) atoms. The second-order valence-electron chi connectivity index (χ2n) is 28.3. The fraction of sp³-hybridized carbons (Fsp3) is 0. The van der Waals surface area contributed by atoms with Crippen LogP contribution in [0.2, 0.25) is 0 Å². The number of nitrogens with zero attached hydrogens (tertiary/aromatic N) is 10. The van der Waals surface area contributed by atoms with Gasteiger partial charge in [-0.15, -0.1) is 0 Å². The van der Waals surface area contributed by atoms with E-state index in [2.05, 4.69) is 301 Å². The molecule has 520 valence electrons. The summed E-state index contributed by atoms with van der Waals surface area (Å²) in [5, 5.41) is 13.3. The van der Waals surface area contributed by atoms with Crippen LogP contribution in [0.1, 0.15) is 0 Å². The van der Waals surface area contributed by atoms with E-state index in [1.165, 1.54) is 5.39 Å². The Morgan fingerprint density at radius 2 is 0.402 bits per heavy atom. The molecule has 0 atom stereocenters. The molecule has 0 saturated carbocycles. The molecule has 0 aliphatic carbocycles. The average Bonchev–Trinajstić information content (AvgIpc) is 0.742. The fourth-order valence-corrected chi connectivity index (χ4v) is 15.6. The van der Waals surface area contributed by atoms with Gasteiger partial charge >= 0.3 is 0 Å². The Labute approximate surface area is 643 Å². The Kier molecular flexibility index (Phi) is 16.0. The monoisotopic (exact) mass is 1430 g/mol. The third-order valence-corrected chi connectivity index (χ3v) is 21.5. The van der Waals surface area contributed by atoms with Gasteiger partial charge in [0.05, 0.1) is 89.7 Å². The van der Waals surface area contributed by atoms with Crippen LogP contribution in [-0.4, -0.2) is 49.8 Å². The highest BCUT2D eigenvalue weighted by Crippen LogP contribution is 2.40. The number of pyridine rings is 10. The summed E-state index contributed by atoms with van der Waals surface area (Å²) in [4.78, 5) is 49.3. The standard InChI is InChI=1S/2C51H31N5/c1-2-6-32(7-3-1)45-24-18-36-12-13-37-19-25-47(56-51(37)50(36)55-45)43-21-20-40(41-8-4-5-9-42(41)43)38-14-10-33-17-23-46(54-48(33)30-38)39-15-11-34-16-22-44(53-49(34)31-39)35-26-28-52-29-27-35;1-2-4-32(5-3-1)45-22-18-36-8-9-37-19-23-47(56-51(37)50(36)55-45)42-15-13-38-28-39(11-12-40(38)29-42)41-10-6-33-17-21-46(54-48(33)30-41)43-14-7-34-16-20-44(53-49(34)31-43)35-24-26-52-27-25-35/h2*1-31H. The fourth-order valence-electron chi connectivity index (χ4n) is 15.6. The molecule has 0 spiro atoms. The summed E-state index contributed by atoms with van der Waals surface area (Å²) in [6, 6.07) is 123. The zero-order valence-electron chi connectivity index (χ0n) is 60.3. The van der Waals surface area contributed by atoms with Crippen LogP contribution in [0.3, 0.4) is 0 Å².